The van der Waals surface area contributed by atoms with Gasteiger partial charge < -0.3 is 10.1 Å². The fourth-order valence-electron chi connectivity index (χ4n) is 0.746. The summed E-state index contributed by atoms with van der Waals surface area (Å²) >= 11 is 0. The highest BCUT2D eigenvalue weighted by Gasteiger charge is 2.40. The highest BCUT2D eigenvalue weighted by molar-refractivity contribution is 4.88. The van der Waals surface area contributed by atoms with E-state index in [1.807, 2.05) is 6.07 Å². The summed E-state index contributed by atoms with van der Waals surface area (Å²) < 4.78 is 52.2. The lowest BCUT2D eigenvalue weighted by atomic mass is 10.2. The number of hydrogen-bond donors (Lipinski definition) is 1. The number of ether oxygens (including phenoxy) is 1. The number of nitrogens with zero attached hydrogens (tertiary/aromatic N) is 1. The van der Waals surface area contributed by atoms with Gasteiger partial charge in [0.15, 0.2) is 0 Å². The Kier molecular flexibility index (Phi) is 6.20. The smallest absolute Gasteiger partial charge is 0.330 e. The van der Waals surface area contributed by atoms with Crippen LogP contribution in [0.15, 0.2) is 0 Å². The summed E-state index contributed by atoms with van der Waals surface area (Å²) in [6.07, 6.45) is -3.56. The Labute approximate surface area is 85.0 Å². The van der Waals surface area contributed by atoms with Gasteiger partial charge in [-0.2, -0.15) is 14.0 Å². The van der Waals surface area contributed by atoms with E-state index in [1.54, 1.807) is 0 Å². The van der Waals surface area contributed by atoms with Crippen molar-refractivity contribution < 1.29 is 22.3 Å². The zero-order valence-electron chi connectivity index (χ0n) is 8.14. The molecule has 0 amide bonds. The first-order valence-corrected chi connectivity index (χ1v) is 4.24. The first-order chi connectivity index (χ1) is 6.94. The minimum absolute atomic E-state index is 0.165. The largest absolute Gasteiger partial charge is 0.375 e. The van der Waals surface area contributed by atoms with E-state index in [-0.39, 0.29) is 13.0 Å². The van der Waals surface area contributed by atoms with E-state index < -0.39 is 25.0 Å². The zero-order chi connectivity index (χ0) is 11.9. The molecule has 0 saturated carbocycles. The Morgan fingerprint density at radius 2 is 2.07 bits per heavy atom. The van der Waals surface area contributed by atoms with Gasteiger partial charge in [-0.25, -0.2) is 8.78 Å². The van der Waals surface area contributed by atoms with Crippen molar-refractivity contribution in [3.63, 3.8) is 0 Å². The van der Waals surface area contributed by atoms with E-state index in [4.69, 9.17) is 5.26 Å². The molecule has 1 N–H and O–H groups in total. The summed E-state index contributed by atoms with van der Waals surface area (Å²) in [7, 11) is 1.53. The van der Waals surface area contributed by atoms with Gasteiger partial charge in [0.25, 0.3) is 0 Å². The second-order valence-electron chi connectivity index (χ2n) is 2.87. The molecule has 0 aromatic heterocycles. The van der Waals surface area contributed by atoms with E-state index in [0.717, 1.165) is 0 Å². The first-order valence-electron chi connectivity index (χ1n) is 4.24. The number of alkyl halides is 4. The molecular formula is C8H12F4N2O. The van der Waals surface area contributed by atoms with Gasteiger partial charge in [-0.1, -0.05) is 0 Å². The van der Waals surface area contributed by atoms with Crippen LogP contribution in [0.4, 0.5) is 17.6 Å². The van der Waals surface area contributed by atoms with Crippen molar-refractivity contribution in [3.05, 3.63) is 0 Å². The fourth-order valence-corrected chi connectivity index (χ4v) is 0.746. The van der Waals surface area contributed by atoms with Crippen LogP contribution in [-0.4, -0.2) is 38.7 Å². The van der Waals surface area contributed by atoms with Gasteiger partial charge in [-0.3, -0.25) is 0 Å². The Morgan fingerprint density at radius 3 is 2.47 bits per heavy atom. The number of nitrogens with one attached hydrogen (secondary N) is 1. The van der Waals surface area contributed by atoms with Gasteiger partial charge in [0.2, 0.25) is 0 Å². The van der Waals surface area contributed by atoms with Crippen molar-refractivity contribution in [3.8, 4) is 6.07 Å². The number of halogens is 4. The van der Waals surface area contributed by atoms with E-state index in [9.17, 15) is 17.6 Å². The van der Waals surface area contributed by atoms with Crippen molar-refractivity contribution in [2.75, 3.05) is 20.3 Å². The van der Waals surface area contributed by atoms with Crippen LogP contribution in [-0.2, 0) is 4.74 Å². The maximum atomic E-state index is 12.3. The number of nitriles is 1. The molecule has 1 unspecified atom stereocenters. The summed E-state index contributed by atoms with van der Waals surface area (Å²) in [6, 6.07) is 1.32. The van der Waals surface area contributed by atoms with E-state index in [2.05, 4.69) is 10.1 Å². The number of rotatable bonds is 7. The Hall–Kier alpha value is -0.870. The second kappa shape index (κ2) is 6.58. The van der Waals surface area contributed by atoms with Crippen molar-refractivity contribution in [2.45, 2.75) is 24.8 Å². The van der Waals surface area contributed by atoms with Gasteiger partial charge in [-0.15, -0.1) is 0 Å². The van der Waals surface area contributed by atoms with Crippen molar-refractivity contribution in [1.29, 1.82) is 5.26 Å². The third-order valence-corrected chi connectivity index (χ3v) is 1.67. The van der Waals surface area contributed by atoms with E-state index in [1.165, 1.54) is 7.05 Å². The van der Waals surface area contributed by atoms with Crippen molar-refractivity contribution >= 4 is 0 Å². The molecule has 0 spiro atoms. The number of hydrogen-bond acceptors (Lipinski definition) is 3. The standard InChI is InChI=1S/C8H12F4N2O/c1-14-6(4-13)2-3-15-5-8(11,12)7(9)10/h6-7,14H,2-3,5H2,1H3. The fraction of sp³-hybridized carbons (Fsp3) is 0.875. The van der Waals surface area contributed by atoms with Crippen LogP contribution in [0, 0.1) is 11.3 Å². The summed E-state index contributed by atoms with van der Waals surface area (Å²) in [6.45, 7) is -1.49. The molecule has 0 bridgehead atoms. The van der Waals surface area contributed by atoms with Crippen LogP contribution in [0.3, 0.4) is 0 Å². The first kappa shape index (κ1) is 14.1. The molecule has 0 aliphatic carbocycles. The van der Waals surface area contributed by atoms with E-state index in [0.29, 0.717) is 0 Å². The van der Waals surface area contributed by atoms with Gasteiger partial charge in [0, 0.05) is 6.61 Å². The van der Waals surface area contributed by atoms with Crippen LogP contribution in [0.2, 0.25) is 0 Å². The minimum atomic E-state index is -4.12. The van der Waals surface area contributed by atoms with Gasteiger partial charge >= 0.3 is 12.3 Å². The van der Waals surface area contributed by atoms with E-state index >= 15 is 0 Å². The molecule has 3 nitrogen and oxygen atoms in total. The normalized spacial score (nSPS) is 13.9. The summed E-state index contributed by atoms with van der Waals surface area (Å²) in [4.78, 5) is 0. The van der Waals surface area contributed by atoms with Crippen LogP contribution in [0.1, 0.15) is 6.42 Å². The summed E-state index contributed by atoms with van der Waals surface area (Å²) in [5, 5.41) is 11.0. The molecule has 0 aliphatic rings. The predicted octanol–water partition coefficient (Wildman–Crippen LogP) is 1.41. The molecule has 0 saturated heterocycles. The summed E-state index contributed by atoms with van der Waals surface area (Å²) in [5.41, 5.74) is 0. The zero-order valence-corrected chi connectivity index (χ0v) is 8.14. The molecule has 0 aliphatic heterocycles. The van der Waals surface area contributed by atoms with Crippen molar-refractivity contribution in [1.82, 2.24) is 5.32 Å². The maximum Gasteiger partial charge on any atom is 0.330 e. The monoisotopic (exact) mass is 228 g/mol. The van der Waals surface area contributed by atoms with Gasteiger partial charge in [0.1, 0.15) is 6.61 Å². The lowest BCUT2D eigenvalue weighted by Crippen LogP contribution is -2.33. The molecule has 88 valence electrons. The lowest BCUT2D eigenvalue weighted by Gasteiger charge is -2.15. The van der Waals surface area contributed by atoms with Crippen LogP contribution >= 0.6 is 0 Å². The third kappa shape index (κ3) is 5.54. The predicted molar refractivity (Wildman–Crippen MR) is 44.8 cm³/mol. The Morgan fingerprint density at radius 1 is 1.47 bits per heavy atom. The van der Waals surface area contributed by atoms with Crippen molar-refractivity contribution in [2.24, 2.45) is 0 Å². The molecule has 1 atom stereocenters. The van der Waals surface area contributed by atoms with Crippen LogP contribution in [0.5, 0.6) is 0 Å². The average Bonchev–Trinajstić information content (AvgIpc) is 2.18. The molecule has 15 heavy (non-hydrogen) atoms. The second-order valence-corrected chi connectivity index (χ2v) is 2.87. The van der Waals surface area contributed by atoms with Crippen LogP contribution in [0.25, 0.3) is 0 Å². The topological polar surface area (TPSA) is 45.0 Å². The average molecular weight is 228 g/mol. The third-order valence-electron chi connectivity index (χ3n) is 1.67. The molecule has 7 heteroatoms. The SMILES string of the molecule is CNC(C#N)CCOCC(F)(F)C(F)F. The minimum Gasteiger partial charge on any atom is -0.375 e. The van der Waals surface area contributed by atoms with Gasteiger partial charge in [0.05, 0.1) is 12.1 Å². The molecule has 0 aromatic carbocycles. The quantitative estimate of drug-likeness (QED) is 0.529. The Bertz CT molecular complexity index is 217. The molecule has 0 aromatic rings. The maximum absolute atomic E-state index is 12.3. The van der Waals surface area contributed by atoms with Crippen LogP contribution < -0.4 is 5.32 Å². The molecule has 0 heterocycles. The Balaban J connectivity index is 3.68. The van der Waals surface area contributed by atoms with Gasteiger partial charge in [-0.05, 0) is 13.5 Å². The highest BCUT2D eigenvalue weighted by Crippen LogP contribution is 2.22. The molecular weight excluding hydrogens is 216 g/mol. The molecule has 0 radical (unpaired) electrons. The molecule has 0 rings (SSSR count). The highest BCUT2D eigenvalue weighted by atomic mass is 19.3. The molecule has 0 fully saturated rings. The lowest BCUT2D eigenvalue weighted by molar-refractivity contribution is -0.166. The summed E-state index contributed by atoms with van der Waals surface area (Å²) in [5.74, 6) is -4.12.